The lowest BCUT2D eigenvalue weighted by Gasteiger charge is -2.34. The molecule has 1 aliphatic rings. The van der Waals surface area contributed by atoms with Crippen LogP contribution in [-0.2, 0) is 12.6 Å². The van der Waals surface area contributed by atoms with Gasteiger partial charge in [-0.1, -0.05) is 13.0 Å². The second kappa shape index (κ2) is 8.49. The van der Waals surface area contributed by atoms with Gasteiger partial charge in [0.05, 0.1) is 23.5 Å². The van der Waals surface area contributed by atoms with Gasteiger partial charge in [-0.05, 0) is 43.2 Å². The van der Waals surface area contributed by atoms with Gasteiger partial charge in [0, 0.05) is 43.2 Å². The highest BCUT2D eigenvalue weighted by Gasteiger charge is 2.33. The van der Waals surface area contributed by atoms with E-state index in [2.05, 4.69) is 56.7 Å². The van der Waals surface area contributed by atoms with Gasteiger partial charge >= 0.3 is 0 Å². The first kappa shape index (κ1) is 22.5. The summed E-state index contributed by atoms with van der Waals surface area (Å²) in [6, 6.07) is 5.64. The van der Waals surface area contributed by atoms with Crippen molar-refractivity contribution in [1.82, 2.24) is 34.6 Å². The molecule has 4 aromatic heterocycles. The van der Waals surface area contributed by atoms with Crippen LogP contribution in [0, 0.1) is 18.7 Å². The summed E-state index contributed by atoms with van der Waals surface area (Å²) in [5, 5.41) is 19.5. The van der Waals surface area contributed by atoms with Gasteiger partial charge in [-0.25, -0.2) is 9.07 Å². The minimum atomic E-state index is -0.719. The molecule has 0 amide bonds. The smallest absolute Gasteiger partial charge is 0.277 e. The summed E-state index contributed by atoms with van der Waals surface area (Å²) < 4.78 is 16.9. The van der Waals surface area contributed by atoms with Crippen LogP contribution in [0.5, 0.6) is 0 Å². The van der Waals surface area contributed by atoms with E-state index in [0.29, 0.717) is 23.7 Å². The van der Waals surface area contributed by atoms with Crippen molar-refractivity contribution in [2.45, 2.75) is 26.3 Å². The number of hydrogen-bond donors (Lipinski definition) is 1. The Hall–Kier alpha value is -4.28. The van der Waals surface area contributed by atoms with Gasteiger partial charge in [-0.2, -0.15) is 14.7 Å². The molecule has 1 aliphatic heterocycles. The van der Waals surface area contributed by atoms with Crippen molar-refractivity contribution in [2.75, 3.05) is 11.9 Å². The van der Waals surface area contributed by atoms with Crippen LogP contribution in [0.15, 0.2) is 58.2 Å². The van der Waals surface area contributed by atoms with Crippen LogP contribution < -0.4 is 10.9 Å². The zero-order chi connectivity index (χ0) is 24.7. The predicted molar refractivity (Wildman–Crippen MR) is 130 cm³/mol. The summed E-state index contributed by atoms with van der Waals surface area (Å²) >= 11 is 0. The summed E-state index contributed by atoms with van der Waals surface area (Å²) in [5.41, 5.74) is 2.75. The van der Waals surface area contributed by atoms with Gasteiger partial charge in [-0.15, -0.1) is 10.2 Å². The minimum Gasteiger partial charge on any atom is -0.349 e. The maximum atomic E-state index is 14.3. The molecule has 10 nitrogen and oxygen atoms in total. The van der Waals surface area contributed by atoms with Crippen molar-refractivity contribution in [1.29, 1.82) is 0 Å². The fourth-order valence-electron chi connectivity index (χ4n) is 4.16. The number of nitrogens with one attached hydrogen (secondary N) is 1. The van der Waals surface area contributed by atoms with E-state index in [4.69, 9.17) is 4.99 Å². The summed E-state index contributed by atoms with van der Waals surface area (Å²) in [4.78, 5) is 21.5. The molecule has 0 bridgehead atoms. The van der Waals surface area contributed by atoms with Crippen LogP contribution in [0.2, 0.25) is 0 Å². The van der Waals surface area contributed by atoms with Gasteiger partial charge in [0.25, 0.3) is 5.56 Å². The number of halogens is 1. The zero-order valence-electron chi connectivity index (χ0n) is 19.8. The summed E-state index contributed by atoms with van der Waals surface area (Å²) in [5.74, 6) is -0.127. The molecule has 5 rings (SSSR count). The van der Waals surface area contributed by atoms with E-state index in [1.807, 2.05) is 25.4 Å². The number of anilines is 1. The first-order chi connectivity index (χ1) is 16.8. The van der Waals surface area contributed by atoms with Crippen LogP contribution in [0.1, 0.15) is 25.1 Å². The molecule has 5 heterocycles. The van der Waals surface area contributed by atoms with Gasteiger partial charge in [0.1, 0.15) is 0 Å². The van der Waals surface area contributed by atoms with Gasteiger partial charge in [0.15, 0.2) is 11.5 Å². The summed E-state index contributed by atoms with van der Waals surface area (Å²) in [6.45, 7) is 6.71. The standard InChI is InChI=1S/C24H24FN9O/c1-14-7-16(11-28-24(14,3)18-5-6-26-15(2)8-18)10-27-23-32-31-20-9-17(12-30-34(20)23)21-19(25)13-29-33(4)22(21)35/h5-9,11-14H,10H2,1-4H3,(H,27,32). The highest BCUT2D eigenvalue weighted by molar-refractivity contribution is 5.81. The second-order valence-corrected chi connectivity index (χ2v) is 8.81. The van der Waals surface area contributed by atoms with E-state index in [9.17, 15) is 9.18 Å². The lowest BCUT2D eigenvalue weighted by Crippen LogP contribution is -2.31. The van der Waals surface area contributed by atoms with Crippen LogP contribution in [0.4, 0.5) is 10.3 Å². The Morgan fingerprint density at radius 2 is 2.03 bits per heavy atom. The first-order valence-electron chi connectivity index (χ1n) is 11.1. The fourth-order valence-corrected chi connectivity index (χ4v) is 4.16. The topological polar surface area (TPSA) is 115 Å². The molecule has 0 aliphatic carbocycles. The van der Waals surface area contributed by atoms with Gasteiger partial charge in [0.2, 0.25) is 5.95 Å². The van der Waals surface area contributed by atoms with E-state index in [0.717, 1.165) is 27.7 Å². The van der Waals surface area contributed by atoms with Gasteiger partial charge in [-0.3, -0.25) is 14.8 Å². The Morgan fingerprint density at radius 1 is 1.20 bits per heavy atom. The highest BCUT2D eigenvalue weighted by Crippen LogP contribution is 2.37. The van der Waals surface area contributed by atoms with Crippen LogP contribution in [0.3, 0.4) is 0 Å². The molecule has 35 heavy (non-hydrogen) atoms. The molecule has 0 aromatic carbocycles. The molecule has 0 spiro atoms. The van der Waals surface area contributed by atoms with E-state index >= 15 is 0 Å². The minimum absolute atomic E-state index is 0.111. The number of nitrogens with zero attached hydrogens (tertiary/aromatic N) is 8. The van der Waals surface area contributed by atoms with E-state index in [1.165, 1.54) is 17.8 Å². The van der Waals surface area contributed by atoms with Crippen molar-refractivity contribution in [3.05, 3.63) is 75.9 Å². The third-order valence-corrected chi connectivity index (χ3v) is 6.42. The average Bonchev–Trinajstić information content (AvgIpc) is 3.25. The molecular formula is C24H24FN9O. The molecular weight excluding hydrogens is 449 g/mol. The molecule has 0 saturated carbocycles. The van der Waals surface area contributed by atoms with Crippen molar-refractivity contribution < 1.29 is 4.39 Å². The number of fused-ring (bicyclic) bond motifs is 1. The first-order valence-corrected chi connectivity index (χ1v) is 11.1. The average molecular weight is 474 g/mol. The molecule has 0 radical (unpaired) electrons. The van der Waals surface area contributed by atoms with Crippen molar-refractivity contribution >= 4 is 17.8 Å². The van der Waals surface area contributed by atoms with E-state index in [1.54, 1.807) is 6.07 Å². The Kier molecular flexibility index (Phi) is 5.46. The molecule has 0 saturated heterocycles. The third-order valence-electron chi connectivity index (χ3n) is 6.42. The second-order valence-electron chi connectivity index (χ2n) is 8.81. The van der Waals surface area contributed by atoms with Gasteiger partial charge < -0.3 is 5.32 Å². The highest BCUT2D eigenvalue weighted by atomic mass is 19.1. The number of dihydropyridines is 1. The molecule has 11 heteroatoms. The largest absolute Gasteiger partial charge is 0.349 e. The fraction of sp³-hybridized carbons (Fsp3) is 0.292. The number of aryl methyl sites for hydroxylation is 2. The Morgan fingerprint density at radius 3 is 2.80 bits per heavy atom. The molecule has 0 fully saturated rings. The quantitative estimate of drug-likeness (QED) is 0.474. The lowest BCUT2D eigenvalue weighted by atomic mass is 9.79. The lowest BCUT2D eigenvalue weighted by molar-refractivity contribution is 0.384. The maximum Gasteiger partial charge on any atom is 0.277 e. The maximum absolute atomic E-state index is 14.3. The Balaban J connectivity index is 1.35. The molecule has 2 atom stereocenters. The summed E-state index contributed by atoms with van der Waals surface area (Å²) in [6.07, 6.45) is 8.28. The molecule has 178 valence electrons. The number of hydrogen-bond acceptors (Lipinski definition) is 8. The molecule has 2 unspecified atom stereocenters. The number of aromatic nitrogens is 7. The predicted octanol–water partition coefficient (Wildman–Crippen LogP) is 2.70. The summed E-state index contributed by atoms with van der Waals surface area (Å²) in [7, 11) is 1.46. The van der Waals surface area contributed by atoms with Crippen LogP contribution in [-0.4, -0.2) is 47.3 Å². The van der Waals surface area contributed by atoms with Crippen molar-refractivity contribution in [2.24, 2.45) is 18.0 Å². The SMILES string of the molecule is Cc1cc(C2(C)N=CC(CNc3nnc4cc(-c5c(F)cnn(C)c5=O)cnn34)=CC2C)ccn1. The van der Waals surface area contributed by atoms with Crippen molar-refractivity contribution in [3.8, 4) is 11.1 Å². The Labute approximate surface area is 200 Å². The third kappa shape index (κ3) is 3.98. The zero-order valence-corrected chi connectivity index (χ0v) is 19.8. The number of rotatable bonds is 5. The number of pyridine rings is 1. The molecule has 1 N–H and O–H groups in total. The van der Waals surface area contributed by atoms with Crippen molar-refractivity contribution in [3.63, 3.8) is 0 Å². The van der Waals surface area contributed by atoms with Crippen LogP contribution in [0.25, 0.3) is 16.8 Å². The number of aliphatic imine (C=N–C) groups is 1. The van der Waals surface area contributed by atoms with E-state index < -0.39 is 11.4 Å². The molecule has 4 aromatic rings. The Bertz CT molecular complexity index is 1550. The normalized spacial score (nSPS) is 19.7. The van der Waals surface area contributed by atoms with Crippen LogP contribution >= 0.6 is 0 Å². The van der Waals surface area contributed by atoms with E-state index in [-0.39, 0.29) is 17.0 Å². The monoisotopic (exact) mass is 473 g/mol.